The summed E-state index contributed by atoms with van der Waals surface area (Å²) in [5.74, 6) is 1.92. The van der Waals surface area contributed by atoms with E-state index in [1.807, 2.05) is 0 Å². The highest BCUT2D eigenvalue weighted by Crippen LogP contribution is 2.49. The molecule has 1 aliphatic carbocycles. The molecule has 4 N–H and O–H groups in total. The number of fused-ring (bicyclic) bond motifs is 4. The average Bonchev–Trinajstić information content (AvgIpc) is 3.43. The van der Waals surface area contributed by atoms with Crippen LogP contribution in [0.4, 0.5) is 15.2 Å². The number of hydrogen-bond donors (Lipinski definition) is 3. The van der Waals surface area contributed by atoms with Crippen LogP contribution in [0.1, 0.15) is 47.1 Å². The van der Waals surface area contributed by atoms with Crippen LogP contribution in [0.5, 0.6) is 6.01 Å². The number of ether oxygens (including phenoxy) is 4. The summed E-state index contributed by atoms with van der Waals surface area (Å²) in [6.07, 6.45) is 1.92. The molecule has 3 aliphatic rings. The predicted octanol–water partition coefficient (Wildman–Crippen LogP) is 5.19. The molecule has 5 aromatic rings. The maximum absolute atomic E-state index is 15.0. The van der Waals surface area contributed by atoms with Gasteiger partial charge in [0.15, 0.2) is 5.82 Å². The number of aromatic amines is 1. The van der Waals surface area contributed by atoms with Gasteiger partial charge < -0.3 is 30.0 Å². The number of nitrogens with one attached hydrogen (secondary N) is 2. The van der Waals surface area contributed by atoms with E-state index in [9.17, 15) is 9.65 Å². The van der Waals surface area contributed by atoms with E-state index in [2.05, 4.69) is 26.6 Å². The summed E-state index contributed by atoms with van der Waals surface area (Å²) in [5.41, 5.74) is 9.58. The topological polar surface area (TPSA) is 166 Å². The monoisotopic (exact) mass is 648 g/mol. The van der Waals surface area contributed by atoms with Crippen molar-refractivity contribution in [1.82, 2.24) is 25.1 Å². The van der Waals surface area contributed by atoms with Gasteiger partial charge in [0.05, 0.1) is 65.8 Å². The van der Waals surface area contributed by atoms with E-state index in [0.29, 0.717) is 76.4 Å². The molecule has 2 aromatic carbocycles. The van der Waals surface area contributed by atoms with Crippen molar-refractivity contribution in [3.05, 3.63) is 51.3 Å². The zero-order valence-electron chi connectivity index (χ0n) is 23.8. The van der Waals surface area contributed by atoms with Gasteiger partial charge in [0.25, 0.3) is 0 Å². The standard InChI is InChI=1S/C30H26ClFN8O4S/c31-24-21(15-3-4-19(32)26-22(15)16(7-33)27(34)45-26)17-11-42-12-18(17)23-25(24)37-30(44-10-14-9-41-5-6-43-14)38-29(23)35-8-20-36-28(40-39-20)13-1-2-13/h3-4,13-14H,1-2,5-6,8-12,34H2,(H,35,37,38)(H,36,39,40)/t14-/m1/s1. The average molecular weight is 649 g/mol. The van der Waals surface area contributed by atoms with Crippen LogP contribution < -0.4 is 15.8 Å². The summed E-state index contributed by atoms with van der Waals surface area (Å²) in [5, 5.41) is 22.3. The number of H-pyrrole nitrogens is 1. The van der Waals surface area contributed by atoms with Crippen LogP contribution in [-0.2, 0) is 34.0 Å². The molecule has 1 saturated carbocycles. The van der Waals surface area contributed by atoms with Gasteiger partial charge in [-0.1, -0.05) is 17.7 Å². The summed E-state index contributed by atoms with van der Waals surface area (Å²) >= 11 is 8.28. The third-order valence-corrected chi connectivity index (χ3v) is 9.57. The third-order valence-electron chi connectivity index (χ3n) is 8.17. The molecule has 2 fully saturated rings. The number of nitrogens with zero attached hydrogens (tertiary/aromatic N) is 5. The van der Waals surface area contributed by atoms with E-state index in [1.165, 1.54) is 6.07 Å². The van der Waals surface area contributed by atoms with E-state index in [-0.39, 0.29) is 47.2 Å². The second kappa shape index (κ2) is 11.3. The Bertz CT molecular complexity index is 2020. The van der Waals surface area contributed by atoms with Crippen LogP contribution in [0.2, 0.25) is 5.02 Å². The van der Waals surface area contributed by atoms with Gasteiger partial charge in [0.2, 0.25) is 0 Å². The summed E-state index contributed by atoms with van der Waals surface area (Å²) in [7, 11) is 0. The van der Waals surface area contributed by atoms with Gasteiger partial charge in [-0.3, -0.25) is 5.10 Å². The van der Waals surface area contributed by atoms with E-state index < -0.39 is 5.82 Å². The summed E-state index contributed by atoms with van der Waals surface area (Å²) < 4.78 is 38.5. The fourth-order valence-corrected chi connectivity index (χ4v) is 7.18. The molecule has 45 heavy (non-hydrogen) atoms. The highest BCUT2D eigenvalue weighted by Gasteiger charge is 2.31. The van der Waals surface area contributed by atoms with E-state index in [1.54, 1.807) is 6.07 Å². The smallest absolute Gasteiger partial charge is 0.319 e. The molecule has 8 rings (SSSR count). The molecule has 5 heterocycles. The molecule has 15 heteroatoms. The number of nitrogen functional groups attached to an aromatic ring is 1. The molecular formula is C30H26ClFN8O4S. The molecule has 0 amide bonds. The molecule has 0 spiro atoms. The fraction of sp³-hybridized carbons (Fsp3) is 0.367. The molecule has 1 saturated heterocycles. The van der Waals surface area contributed by atoms with Crippen molar-refractivity contribution in [1.29, 1.82) is 5.26 Å². The number of nitriles is 1. The van der Waals surface area contributed by atoms with E-state index in [4.69, 9.17) is 46.3 Å². The first-order valence-corrected chi connectivity index (χ1v) is 15.7. The molecular weight excluding hydrogens is 623 g/mol. The second-order valence-corrected chi connectivity index (χ2v) is 12.5. The molecule has 0 radical (unpaired) electrons. The number of anilines is 2. The van der Waals surface area contributed by atoms with Crippen molar-refractivity contribution >= 4 is 54.7 Å². The predicted molar refractivity (Wildman–Crippen MR) is 165 cm³/mol. The molecule has 3 aromatic heterocycles. The Hall–Kier alpha value is -4.13. The Morgan fingerprint density at radius 3 is 2.82 bits per heavy atom. The van der Waals surface area contributed by atoms with E-state index >= 15 is 0 Å². The minimum absolute atomic E-state index is 0.0869. The molecule has 2 aliphatic heterocycles. The van der Waals surface area contributed by atoms with Gasteiger partial charge in [-0.2, -0.15) is 20.3 Å². The van der Waals surface area contributed by atoms with Crippen molar-refractivity contribution in [2.45, 2.75) is 44.6 Å². The van der Waals surface area contributed by atoms with Crippen molar-refractivity contribution < 1.29 is 23.3 Å². The van der Waals surface area contributed by atoms with Crippen LogP contribution in [0.25, 0.3) is 32.1 Å². The SMILES string of the molecule is N#Cc1c(N)sc2c(F)ccc(-c3c4c(c5c(NCc6nc(C7CC7)n[nH]6)nc(OC[C@H]6COCCO6)nc5c3Cl)COC4)c12. The van der Waals surface area contributed by atoms with Crippen LogP contribution in [0.15, 0.2) is 12.1 Å². The van der Waals surface area contributed by atoms with E-state index in [0.717, 1.165) is 41.1 Å². The third kappa shape index (κ3) is 5.01. The van der Waals surface area contributed by atoms with Crippen molar-refractivity contribution in [2.24, 2.45) is 0 Å². The molecule has 0 bridgehead atoms. The van der Waals surface area contributed by atoms with Crippen LogP contribution in [0.3, 0.4) is 0 Å². The summed E-state index contributed by atoms with van der Waals surface area (Å²) in [6.45, 7) is 2.43. The second-order valence-electron chi connectivity index (χ2n) is 11.1. The Labute approximate surface area is 264 Å². The molecule has 12 nitrogen and oxygen atoms in total. The van der Waals surface area contributed by atoms with Gasteiger partial charge in [-0.15, -0.1) is 11.3 Å². The summed E-state index contributed by atoms with van der Waals surface area (Å²) in [6, 6.07) is 5.21. The lowest BCUT2D eigenvalue weighted by atomic mass is 9.91. The number of hydrogen-bond acceptors (Lipinski definition) is 12. The summed E-state index contributed by atoms with van der Waals surface area (Å²) in [4.78, 5) is 14.1. The molecule has 230 valence electrons. The maximum atomic E-state index is 15.0. The van der Waals surface area contributed by atoms with Crippen LogP contribution in [0, 0.1) is 17.1 Å². The lowest BCUT2D eigenvalue weighted by molar-refractivity contribution is -0.102. The first kappa shape index (κ1) is 28.4. The number of halogens is 2. The Morgan fingerprint density at radius 2 is 2.02 bits per heavy atom. The number of aromatic nitrogens is 5. The van der Waals surface area contributed by atoms with Crippen molar-refractivity contribution in [2.75, 3.05) is 37.5 Å². The van der Waals surface area contributed by atoms with Crippen LogP contribution in [-0.4, -0.2) is 57.7 Å². The Kier molecular flexibility index (Phi) is 7.15. The fourth-order valence-electron chi connectivity index (χ4n) is 5.87. The lowest BCUT2D eigenvalue weighted by Gasteiger charge is -2.23. The first-order valence-electron chi connectivity index (χ1n) is 14.5. The number of thiophene rings is 1. The number of nitrogens with two attached hydrogens (primary N) is 1. The minimum Gasteiger partial charge on any atom is -0.461 e. The number of benzene rings is 2. The van der Waals surface area contributed by atoms with Gasteiger partial charge in [-0.05, 0) is 35.6 Å². The van der Waals surface area contributed by atoms with Gasteiger partial charge in [0.1, 0.15) is 41.2 Å². The quantitative estimate of drug-likeness (QED) is 0.203. The maximum Gasteiger partial charge on any atom is 0.319 e. The van der Waals surface area contributed by atoms with Gasteiger partial charge in [0, 0.05) is 16.9 Å². The highest BCUT2D eigenvalue weighted by atomic mass is 35.5. The zero-order chi connectivity index (χ0) is 30.7. The van der Waals surface area contributed by atoms with Gasteiger partial charge in [-0.25, -0.2) is 9.37 Å². The number of rotatable bonds is 8. The first-order chi connectivity index (χ1) is 22.0. The van der Waals surface area contributed by atoms with Crippen molar-refractivity contribution in [3.8, 4) is 23.2 Å². The lowest BCUT2D eigenvalue weighted by Crippen LogP contribution is -2.33. The molecule has 0 unspecified atom stereocenters. The largest absolute Gasteiger partial charge is 0.461 e. The Balaban J connectivity index is 1.28. The zero-order valence-corrected chi connectivity index (χ0v) is 25.4. The molecule has 1 atom stereocenters. The highest BCUT2D eigenvalue weighted by molar-refractivity contribution is 7.23. The van der Waals surface area contributed by atoms with Crippen molar-refractivity contribution in [3.63, 3.8) is 0 Å². The Morgan fingerprint density at radius 1 is 1.16 bits per heavy atom. The minimum atomic E-state index is -0.465. The van der Waals surface area contributed by atoms with Crippen LogP contribution >= 0.6 is 22.9 Å². The normalized spacial score (nSPS) is 17.9. The van der Waals surface area contributed by atoms with Gasteiger partial charge >= 0.3 is 6.01 Å².